The number of hydrogen-bond donors (Lipinski definition) is 3. The highest BCUT2D eigenvalue weighted by molar-refractivity contribution is 5.91. The highest BCUT2D eigenvalue weighted by Gasteiger charge is 2.40. The first-order chi connectivity index (χ1) is 9.98. The summed E-state index contributed by atoms with van der Waals surface area (Å²) in [6.07, 6.45) is -5.93. The van der Waals surface area contributed by atoms with E-state index in [0.717, 1.165) is 14.0 Å². The number of carbonyl (C=O) groups excluding carboxylic acids is 3. The molecule has 0 aliphatic rings. The summed E-state index contributed by atoms with van der Waals surface area (Å²) in [4.78, 5) is 44.1. The molecule has 0 fully saturated rings. The van der Waals surface area contributed by atoms with Crippen LogP contribution in [-0.2, 0) is 23.9 Å². The van der Waals surface area contributed by atoms with Crippen molar-refractivity contribution in [3.05, 3.63) is 0 Å². The Hall–Kier alpha value is -2.33. The third-order valence-electron chi connectivity index (χ3n) is 2.45. The molecule has 11 heteroatoms. The molecule has 0 rings (SSSR count). The number of nitrogens with one attached hydrogen (secondary N) is 2. The maximum atomic E-state index is 12.0. The van der Waals surface area contributed by atoms with E-state index in [1.807, 2.05) is 5.32 Å². The van der Waals surface area contributed by atoms with Gasteiger partial charge in [0.1, 0.15) is 12.1 Å². The monoisotopic (exact) mass is 328 g/mol. The van der Waals surface area contributed by atoms with E-state index in [1.54, 1.807) is 0 Å². The summed E-state index contributed by atoms with van der Waals surface area (Å²) in [6, 6.07) is -2.93. The molecule has 0 aromatic heterocycles. The second-order valence-corrected chi connectivity index (χ2v) is 4.21. The van der Waals surface area contributed by atoms with Crippen LogP contribution >= 0.6 is 0 Å². The number of rotatable bonds is 7. The van der Waals surface area contributed by atoms with Gasteiger partial charge in [-0.1, -0.05) is 0 Å². The van der Waals surface area contributed by atoms with Gasteiger partial charge < -0.3 is 20.5 Å². The summed E-state index contributed by atoms with van der Waals surface area (Å²) in [5.74, 6) is -5.58. The average molecular weight is 328 g/mol. The molecular formula is C11H15F3N2O6. The van der Waals surface area contributed by atoms with Crippen molar-refractivity contribution in [2.75, 3.05) is 7.11 Å². The van der Waals surface area contributed by atoms with E-state index in [9.17, 15) is 32.3 Å². The zero-order valence-corrected chi connectivity index (χ0v) is 11.7. The van der Waals surface area contributed by atoms with Crippen molar-refractivity contribution in [2.45, 2.75) is 38.0 Å². The van der Waals surface area contributed by atoms with E-state index in [0.29, 0.717) is 0 Å². The minimum absolute atomic E-state index is 0.312. The lowest BCUT2D eigenvalue weighted by Crippen LogP contribution is -2.52. The van der Waals surface area contributed by atoms with Gasteiger partial charge in [0.2, 0.25) is 5.91 Å². The fourth-order valence-corrected chi connectivity index (χ4v) is 1.30. The van der Waals surface area contributed by atoms with E-state index >= 15 is 0 Å². The maximum Gasteiger partial charge on any atom is 0.471 e. The van der Waals surface area contributed by atoms with Crippen LogP contribution in [-0.4, -0.2) is 54.2 Å². The van der Waals surface area contributed by atoms with Gasteiger partial charge in [0.05, 0.1) is 7.11 Å². The summed E-state index contributed by atoms with van der Waals surface area (Å²) in [5, 5.41) is 11.9. The van der Waals surface area contributed by atoms with Crippen LogP contribution in [0.5, 0.6) is 0 Å². The average Bonchev–Trinajstić information content (AvgIpc) is 2.40. The molecule has 2 amide bonds. The molecule has 0 aromatic carbocycles. The lowest BCUT2D eigenvalue weighted by atomic mass is 10.1. The van der Waals surface area contributed by atoms with Crippen LogP contribution in [0.3, 0.4) is 0 Å². The lowest BCUT2D eigenvalue weighted by molar-refractivity contribution is -0.174. The molecule has 0 aromatic rings. The Kier molecular flexibility index (Phi) is 7.33. The number of aliphatic carboxylic acids is 1. The third kappa shape index (κ3) is 6.90. The Morgan fingerprint density at radius 1 is 1.18 bits per heavy atom. The smallest absolute Gasteiger partial charge is 0.471 e. The van der Waals surface area contributed by atoms with Crippen LogP contribution in [0.2, 0.25) is 0 Å². The maximum absolute atomic E-state index is 12.0. The molecule has 126 valence electrons. The van der Waals surface area contributed by atoms with Gasteiger partial charge in [-0.05, 0) is 13.3 Å². The molecule has 22 heavy (non-hydrogen) atoms. The zero-order chi connectivity index (χ0) is 17.5. The topological polar surface area (TPSA) is 122 Å². The van der Waals surface area contributed by atoms with Crippen molar-refractivity contribution in [3.8, 4) is 0 Å². The van der Waals surface area contributed by atoms with Crippen molar-refractivity contribution in [1.29, 1.82) is 0 Å². The van der Waals surface area contributed by atoms with E-state index in [4.69, 9.17) is 5.11 Å². The Morgan fingerprint density at radius 3 is 2.14 bits per heavy atom. The van der Waals surface area contributed by atoms with Gasteiger partial charge in [-0.15, -0.1) is 0 Å². The molecule has 0 unspecified atom stereocenters. The summed E-state index contributed by atoms with van der Waals surface area (Å²) in [6.45, 7) is 0.977. The molecule has 0 radical (unpaired) electrons. The van der Waals surface area contributed by atoms with E-state index in [-0.39, 0.29) is 6.42 Å². The number of carboxylic acids is 1. The first-order valence-corrected chi connectivity index (χ1v) is 5.96. The molecule has 0 heterocycles. The Labute approximate surface area is 123 Å². The summed E-state index contributed by atoms with van der Waals surface area (Å²) in [5.41, 5.74) is 0. The van der Waals surface area contributed by atoms with E-state index in [1.165, 1.54) is 5.32 Å². The highest BCUT2D eigenvalue weighted by Crippen LogP contribution is 2.14. The van der Waals surface area contributed by atoms with Crippen LogP contribution < -0.4 is 10.6 Å². The van der Waals surface area contributed by atoms with Gasteiger partial charge in [-0.3, -0.25) is 14.4 Å². The number of amides is 2. The minimum atomic E-state index is -5.15. The fraction of sp³-hybridized carbons (Fsp3) is 0.636. The van der Waals surface area contributed by atoms with Gasteiger partial charge in [-0.2, -0.15) is 13.2 Å². The van der Waals surface area contributed by atoms with Crippen molar-refractivity contribution in [1.82, 2.24) is 10.6 Å². The molecule has 0 spiro atoms. The number of hydrogen-bond acceptors (Lipinski definition) is 5. The van der Waals surface area contributed by atoms with Crippen molar-refractivity contribution >= 4 is 23.8 Å². The molecule has 0 aliphatic carbocycles. The van der Waals surface area contributed by atoms with Gasteiger partial charge in [0.25, 0.3) is 0 Å². The quantitative estimate of drug-likeness (QED) is 0.546. The van der Waals surface area contributed by atoms with Crippen LogP contribution in [0, 0.1) is 0 Å². The van der Waals surface area contributed by atoms with E-state index in [2.05, 4.69) is 4.74 Å². The van der Waals surface area contributed by atoms with Crippen molar-refractivity contribution < 1.29 is 42.2 Å². The largest absolute Gasteiger partial charge is 0.481 e. The number of carboxylic acid groups (broad SMARTS) is 1. The molecule has 8 nitrogen and oxygen atoms in total. The number of halogens is 3. The number of ether oxygens (including phenoxy) is 1. The highest BCUT2D eigenvalue weighted by atomic mass is 19.4. The second-order valence-electron chi connectivity index (χ2n) is 4.21. The summed E-state index contributed by atoms with van der Waals surface area (Å²) >= 11 is 0. The first-order valence-electron chi connectivity index (χ1n) is 5.96. The van der Waals surface area contributed by atoms with E-state index < -0.39 is 48.4 Å². The number of esters is 1. The number of carbonyl (C=O) groups is 4. The molecule has 0 saturated heterocycles. The predicted molar refractivity (Wildman–Crippen MR) is 64.5 cm³/mol. The molecule has 0 bridgehead atoms. The lowest BCUT2D eigenvalue weighted by Gasteiger charge is -2.19. The Balaban J connectivity index is 4.70. The standard InChI is InChI=1S/C11H15F3N2O6/c1-5(15-10(21)11(12,13)14)8(19)16-6(9(20)22-2)3-4-7(17)18/h5-6H,3-4H2,1-2H3,(H,15,21)(H,16,19)(H,17,18)/t5-,6+/m0/s1. The predicted octanol–water partition coefficient (Wildman–Crippen LogP) is -0.424. The number of alkyl halides is 3. The molecule has 3 N–H and O–H groups in total. The fourth-order valence-electron chi connectivity index (χ4n) is 1.30. The molecule has 0 aliphatic heterocycles. The number of methoxy groups -OCH3 is 1. The molecular weight excluding hydrogens is 313 g/mol. The Morgan fingerprint density at radius 2 is 1.73 bits per heavy atom. The first kappa shape index (κ1) is 19.7. The van der Waals surface area contributed by atoms with Crippen LogP contribution in [0.25, 0.3) is 0 Å². The summed E-state index contributed by atoms with van der Waals surface area (Å²) < 4.78 is 40.5. The van der Waals surface area contributed by atoms with Gasteiger partial charge in [0.15, 0.2) is 0 Å². The molecule has 0 saturated carbocycles. The summed E-state index contributed by atoms with van der Waals surface area (Å²) in [7, 11) is 0.997. The van der Waals surface area contributed by atoms with Gasteiger partial charge >= 0.3 is 24.0 Å². The van der Waals surface area contributed by atoms with Crippen LogP contribution in [0.15, 0.2) is 0 Å². The van der Waals surface area contributed by atoms with Crippen molar-refractivity contribution in [3.63, 3.8) is 0 Å². The normalized spacial score (nSPS) is 13.7. The van der Waals surface area contributed by atoms with Crippen molar-refractivity contribution in [2.24, 2.45) is 0 Å². The SMILES string of the molecule is COC(=O)[C@@H](CCC(=O)O)NC(=O)[C@H](C)NC(=O)C(F)(F)F. The van der Waals surface area contributed by atoms with Gasteiger partial charge in [-0.25, -0.2) is 4.79 Å². The molecule has 2 atom stereocenters. The Bertz CT molecular complexity index is 452. The second kappa shape index (κ2) is 8.20. The third-order valence-corrected chi connectivity index (χ3v) is 2.45. The van der Waals surface area contributed by atoms with Gasteiger partial charge in [0, 0.05) is 6.42 Å². The van der Waals surface area contributed by atoms with Crippen LogP contribution in [0.4, 0.5) is 13.2 Å². The minimum Gasteiger partial charge on any atom is -0.481 e. The zero-order valence-electron chi connectivity index (χ0n) is 11.7. The van der Waals surface area contributed by atoms with Crippen LogP contribution in [0.1, 0.15) is 19.8 Å².